The van der Waals surface area contributed by atoms with Crippen LogP contribution in [0.15, 0.2) is 40.6 Å². The number of thiophene rings is 1. The molecule has 2 aliphatic rings. The Hall–Kier alpha value is -2.30. The summed E-state index contributed by atoms with van der Waals surface area (Å²) in [6.45, 7) is 1.01. The summed E-state index contributed by atoms with van der Waals surface area (Å²) >= 11 is 1.69. The van der Waals surface area contributed by atoms with Gasteiger partial charge in [-0.2, -0.15) is 4.31 Å². The van der Waals surface area contributed by atoms with Crippen LogP contribution in [0.1, 0.15) is 23.3 Å². The molecular formula is C21H23FN2O5S2. The third-order valence-electron chi connectivity index (χ3n) is 5.74. The lowest BCUT2D eigenvalue weighted by atomic mass is 9.98. The summed E-state index contributed by atoms with van der Waals surface area (Å²) in [4.78, 5) is 27.4. The number of nitrogens with zero attached hydrogens (tertiary/aromatic N) is 2. The first-order valence-corrected chi connectivity index (χ1v) is 12.4. The van der Waals surface area contributed by atoms with Gasteiger partial charge < -0.3 is 9.64 Å². The number of sulfonamides is 1. The van der Waals surface area contributed by atoms with Crippen molar-refractivity contribution in [1.82, 2.24) is 9.21 Å². The predicted molar refractivity (Wildman–Crippen MR) is 112 cm³/mol. The molecule has 31 heavy (non-hydrogen) atoms. The zero-order chi connectivity index (χ0) is 22.0. The van der Waals surface area contributed by atoms with E-state index in [2.05, 4.69) is 0 Å². The number of fused-ring (bicyclic) bond motifs is 1. The Balaban J connectivity index is 1.27. The summed E-state index contributed by atoms with van der Waals surface area (Å²) < 4.78 is 45.7. The lowest BCUT2D eigenvalue weighted by Crippen LogP contribution is -2.42. The van der Waals surface area contributed by atoms with Gasteiger partial charge in [-0.05, 0) is 48.4 Å². The van der Waals surface area contributed by atoms with E-state index in [9.17, 15) is 22.4 Å². The van der Waals surface area contributed by atoms with Gasteiger partial charge in [0.25, 0.3) is 5.91 Å². The van der Waals surface area contributed by atoms with E-state index in [0.29, 0.717) is 13.1 Å². The molecule has 3 heterocycles. The molecule has 7 nitrogen and oxygen atoms in total. The molecule has 0 N–H and O–H groups in total. The summed E-state index contributed by atoms with van der Waals surface area (Å²) in [5, 5.41) is 2.01. The number of benzene rings is 1. The fourth-order valence-electron chi connectivity index (χ4n) is 3.93. The Morgan fingerprint density at radius 1 is 1.13 bits per heavy atom. The number of hydrogen-bond acceptors (Lipinski definition) is 6. The quantitative estimate of drug-likeness (QED) is 0.632. The first kappa shape index (κ1) is 21.9. The van der Waals surface area contributed by atoms with Crippen LogP contribution in [0.2, 0.25) is 0 Å². The van der Waals surface area contributed by atoms with Gasteiger partial charge in [0.2, 0.25) is 10.0 Å². The van der Waals surface area contributed by atoms with Crippen molar-refractivity contribution in [3.8, 4) is 0 Å². The minimum atomic E-state index is -3.96. The average molecular weight is 467 g/mol. The van der Waals surface area contributed by atoms with Crippen LogP contribution in [0.5, 0.6) is 0 Å². The zero-order valence-corrected chi connectivity index (χ0v) is 18.5. The van der Waals surface area contributed by atoms with E-state index in [0.717, 1.165) is 18.1 Å². The third-order valence-corrected chi connectivity index (χ3v) is 8.69. The molecule has 2 aliphatic heterocycles. The van der Waals surface area contributed by atoms with Gasteiger partial charge >= 0.3 is 5.97 Å². The molecule has 166 valence electrons. The number of rotatable bonds is 5. The SMILES string of the molecule is O=C(OCC(=O)N1CCc2sccc2C1)C1CCN(S(=O)(=O)c2ccccc2F)CC1. The van der Waals surface area contributed by atoms with Gasteiger partial charge in [-0.3, -0.25) is 9.59 Å². The number of piperidine rings is 1. The van der Waals surface area contributed by atoms with E-state index in [1.807, 2.05) is 11.4 Å². The highest BCUT2D eigenvalue weighted by Gasteiger charge is 2.34. The van der Waals surface area contributed by atoms with E-state index in [1.54, 1.807) is 16.2 Å². The van der Waals surface area contributed by atoms with Crippen molar-refractivity contribution in [3.63, 3.8) is 0 Å². The van der Waals surface area contributed by atoms with Crippen molar-refractivity contribution in [2.45, 2.75) is 30.7 Å². The predicted octanol–water partition coefficient (Wildman–Crippen LogP) is 2.42. The molecule has 0 atom stereocenters. The molecule has 1 amide bonds. The largest absolute Gasteiger partial charge is 0.455 e. The Kier molecular flexibility index (Phi) is 6.40. The second-order valence-electron chi connectivity index (χ2n) is 7.65. The van der Waals surface area contributed by atoms with Crippen molar-refractivity contribution in [2.24, 2.45) is 5.92 Å². The maximum absolute atomic E-state index is 13.9. The number of esters is 1. The molecule has 1 aromatic carbocycles. The van der Waals surface area contributed by atoms with Crippen molar-refractivity contribution in [1.29, 1.82) is 0 Å². The van der Waals surface area contributed by atoms with Crippen molar-refractivity contribution < 1.29 is 27.1 Å². The van der Waals surface area contributed by atoms with Gasteiger partial charge in [0.1, 0.15) is 10.7 Å². The number of hydrogen-bond donors (Lipinski definition) is 0. The normalized spacial score (nSPS) is 17.9. The van der Waals surface area contributed by atoms with Crippen LogP contribution >= 0.6 is 11.3 Å². The third kappa shape index (κ3) is 4.65. The Bertz CT molecular complexity index is 1080. The molecule has 0 unspecified atom stereocenters. The summed E-state index contributed by atoms with van der Waals surface area (Å²) in [5.74, 6) is -2.01. The smallest absolute Gasteiger partial charge is 0.309 e. The van der Waals surface area contributed by atoms with E-state index >= 15 is 0 Å². The molecule has 1 fully saturated rings. The van der Waals surface area contributed by atoms with Crippen LogP contribution in [-0.4, -0.2) is 55.7 Å². The second-order valence-corrected chi connectivity index (χ2v) is 10.6. The first-order chi connectivity index (χ1) is 14.9. The van der Waals surface area contributed by atoms with Gasteiger partial charge in [0.15, 0.2) is 6.61 Å². The van der Waals surface area contributed by atoms with Crippen LogP contribution in [-0.2, 0) is 37.3 Å². The fourth-order valence-corrected chi connectivity index (χ4v) is 6.35. The van der Waals surface area contributed by atoms with E-state index < -0.39 is 27.7 Å². The highest BCUT2D eigenvalue weighted by molar-refractivity contribution is 7.89. The standard InChI is InChI=1S/C21H23FN2O5S2/c22-17-3-1-2-4-19(17)31(27,28)24-10-5-15(6-11-24)21(26)29-14-20(25)23-9-7-18-16(13-23)8-12-30-18/h1-4,8,12,15H,5-7,9-11,13-14H2. The topological polar surface area (TPSA) is 84.0 Å². The molecule has 1 aromatic heterocycles. The summed E-state index contributed by atoms with van der Waals surface area (Å²) in [7, 11) is -3.96. The summed E-state index contributed by atoms with van der Waals surface area (Å²) in [6.07, 6.45) is 1.34. The van der Waals surface area contributed by atoms with Gasteiger partial charge in [0, 0.05) is 31.1 Å². The Morgan fingerprint density at radius 2 is 1.87 bits per heavy atom. The number of carbonyl (C=O) groups is 2. The zero-order valence-electron chi connectivity index (χ0n) is 16.8. The lowest BCUT2D eigenvalue weighted by molar-refractivity contribution is -0.156. The number of halogens is 1. The van der Waals surface area contributed by atoms with Gasteiger partial charge in [-0.1, -0.05) is 12.1 Å². The van der Waals surface area contributed by atoms with Crippen LogP contribution in [0.3, 0.4) is 0 Å². The maximum atomic E-state index is 13.9. The Morgan fingerprint density at radius 3 is 2.61 bits per heavy atom. The van der Waals surface area contributed by atoms with Gasteiger partial charge in [-0.25, -0.2) is 12.8 Å². The van der Waals surface area contributed by atoms with Gasteiger partial charge in [-0.15, -0.1) is 11.3 Å². The van der Waals surface area contributed by atoms with Crippen molar-refractivity contribution >= 4 is 33.2 Å². The maximum Gasteiger partial charge on any atom is 0.309 e. The number of amides is 1. The van der Waals surface area contributed by atoms with Crippen LogP contribution in [0, 0.1) is 11.7 Å². The highest BCUT2D eigenvalue weighted by atomic mass is 32.2. The molecule has 1 saturated heterocycles. The number of carbonyl (C=O) groups excluding carboxylic acids is 2. The lowest BCUT2D eigenvalue weighted by Gasteiger charge is -2.30. The second kappa shape index (κ2) is 9.05. The molecule has 2 aromatic rings. The summed E-state index contributed by atoms with van der Waals surface area (Å²) in [5.41, 5.74) is 1.14. The van der Waals surface area contributed by atoms with Crippen molar-refractivity contribution in [3.05, 3.63) is 52.0 Å². The molecule has 0 spiro atoms. The molecular weight excluding hydrogens is 443 g/mol. The molecule has 0 bridgehead atoms. The highest BCUT2D eigenvalue weighted by Crippen LogP contribution is 2.26. The monoisotopic (exact) mass is 466 g/mol. The minimum absolute atomic E-state index is 0.0947. The molecule has 0 aliphatic carbocycles. The molecule has 10 heteroatoms. The molecule has 4 rings (SSSR count). The van der Waals surface area contributed by atoms with Crippen LogP contribution < -0.4 is 0 Å². The van der Waals surface area contributed by atoms with E-state index in [1.165, 1.54) is 27.4 Å². The van der Waals surface area contributed by atoms with Crippen molar-refractivity contribution in [2.75, 3.05) is 26.2 Å². The average Bonchev–Trinajstić information content (AvgIpc) is 3.25. The minimum Gasteiger partial charge on any atom is -0.455 e. The number of ether oxygens (including phenoxy) is 1. The van der Waals surface area contributed by atoms with E-state index in [-0.39, 0.29) is 43.3 Å². The van der Waals surface area contributed by atoms with Gasteiger partial charge in [0.05, 0.1) is 5.92 Å². The summed E-state index contributed by atoms with van der Waals surface area (Å²) in [6, 6.07) is 7.25. The molecule has 0 saturated carbocycles. The van der Waals surface area contributed by atoms with Crippen LogP contribution in [0.4, 0.5) is 4.39 Å². The van der Waals surface area contributed by atoms with Crippen LogP contribution in [0.25, 0.3) is 0 Å². The Labute approximate surface area is 184 Å². The van der Waals surface area contributed by atoms with E-state index in [4.69, 9.17) is 4.74 Å². The first-order valence-electron chi connectivity index (χ1n) is 10.1. The molecule has 0 radical (unpaired) electrons. The fraction of sp³-hybridized carbons (Fsp3) is 0.429.